The fourth-order valence-electron chi connectivity index (χ4n) is 2.17. The zero-order valence-electron chi connectivity index (χ0n) is 12.8. The van der Waals surface area contributed by atoms with E-state index in [2.05, 4.69) is 10.5 Å². The third kappa shape index (κ3) is 4.16. The summed E-state index contributed by atoms with van der Waals surface area (Å²) in [6.07, 6.45) is 1.44. The van der Waals surface area contributed by atoms with E-state index < -0.39 is 0 Å². The number of halogens is 1. The van der Waals surface area contributed by atoms with Gasteiger partial charge in [0.15, 0.2) is 6.61 Å². The zero-order valence-corrected chi connectivity index (χ0v) is 12.8. The van der Waals surface area contributed by atoms with Gasteiger partial charge in [-0.3, -0.25) is 4.79 Å². The Hall–Kier alpha value is -3.21. The van der Waals surface area contributed by atoms with Crippen molar-refractivity contribution < 1.29 is 13.9 Å². The van der Waals surface area contributed by atoms with Gasteiger partial charge in [0.25, 0.3) is 5.91 Å². The van der Waals surface area contributed by atoms with Crippen molar-refractivity contribution in [3.63, 3.8) is 0 Å². The first-order valence-electron chi connectivity index (χ1n) is 7.40. The number of hydrogen-bond acceptors (Lipinski definition) is 3. The van der Waals surface area contributed by atoms with Gasteiger partial charge in [0.05, 0.1) is 6.21 Å². The second-order valence-corrected chi connectivity index (χ2v) is 5.14. The van der Waals surface area contributed by atoms with Crippen molar-refractivity contribution in [3.8, 4) is 5.75 Å². The molecular weight excluding hydrogens is 307 g/mol. The Kier molecular flexibility index (Phi) is 4.81. The monoisotopic (exact) mass is 322 g/mol. The number of nitrogens with one attached hydrogen (secondary N) is 1. The van der Waals surface area contributed by atoms with Gasteiger partial charge in [-0.15, -0.1) is 0 Å². The highest BCUT2D eigenvalue weighted by atomic mass is 19.1. The largest absolute Gasteiger partial charge is 0.484 e. The summed E-state index contributed by atoms with van der Waals surface area (Å²) in [5, 5.41) is 5.96. The maximum absolute atomic E-state index is 12.8. The highest BCUT2D eigenvalue weighted by molar-refractivity contribution is 5.84. The van der Waals surface area contributed by atoms with E-state index in [-0.39, 0.29) is 18.3 Å². The van der Waals surface area contributed by atoms with Gasteiger partial charge in [0.1, 0.15) is 11.6 Å². The normalized spacial score (nSPS) is 10.9. The molecule has 3 aromatic carbocycles. The van der Waals surface area contributed by atoms with Crippen molar-refractivity contribution in [2.45, 2.75) is 0 Å². The predicted octanol–water partition coefficient (Wildman–Crippen LogP) is 3.51. The Morgan fingerprint density at radius 1 is 1.04 bits per heavy atom. The second kappa shape index (κ2) is 7.37. The van der Waals surface area contributed by atoms with Gasteiger partial charge < -0.3 is 4.74 Å². The molecule has 1 amide bonds. The summed E-state index contributed by atoms with van der Waals surface area (Å²) >= 11 is 0. The summed E-state index contributed by atoms with van der Waals surface area (Å²) in [5.74, 6) is -0.0761. The Morgan fingerprint density at radius 3 is 2.58 bits per heavy atom. The van der Waals surface area contributed by atoms with Crippen LogP contribution < -0.4 is 10.2 Å². The quantitative estimate of drug-likeness (QED) is 0.577. The van der Waals surface area contributed by atoms with E-state index in [0.717, 1.165) is 10.8 Å². The highest BCUT2D eigenvalue weighted by Crippen LogP contribution is 2.20. The number of nitrogens with zero attached hydrogens (tertiary/aromatic N) is 1. The van der Waals surface area contributed by atoms with Crippen molar-refractivity contribution in [3.05, 3.63) is 78.1 Å². The Morgan fingerprint density at radius 2 is 1.79 bits per heavy atom. The average molecular weight is 322 g/mol. The summed E-state index contributed by atoms with van der Waals surface area (Å²) in [6.45, 7) is -0.140. The minimum atomic E-state index is -0.374. The molecule has 0 unspecified atom stereocenters. The van der Waals surface area contributed by atoms with Gasteiger partial charge in [0.2, 0.25) is 0 Å². The lowest BCUT2D eigenvalue weighted by atomic mass is 10.1. The molecule has 0 aromatic heterocycles. The van der Waals surface area contributed by atoms with Crippen molar-refractivity contribution in [2.75, 3.05) is 6.61 Å². The van der Waals surface area contributed by atoms with Crippen LogP contribution in [0.25, 0.3) is 10.8 Å². The molecule has 4 nitrogen and oxygen atoms in total. The number of ether oxygens (including phenoxy) is 1. The molecule has 120 valence electrons. The lowest BCUT2D eigenvalue weighted by molar-refractivity contribution is -0.123. The fourth-order valence-corrected chi connectivity index (χ4v) is 2.17. The zero-order chi connectivity index (χ0) is 16.8. The third-order valence-electron chi connectivity index (χ3n) is 3.36. The molecule has 0 bridgehead atoms. The van der Waals surface area contributed by atoms with Gasteiger partial charge in [-0.1, -0.05) is 42.5 Å². The summed E-state index contributed by atoms with van der Waals surface area (Å²) in [5.41, 5.74) is 3.05. The number of amides is 1. The van der Waals surface area contributed by atoms with Gasteiger partial charge in [-0.05, 0) is 40.6 Å². The van der Waals surface area contributed by atoms with Crippen molar-refractivity contribution in [2.24, 2.45) is 5.10 Å². The summed E-state index contributed by atoms with van der Waals surface area (Å²) in [7, 11) is 0. The average Bonchev–Trinajstić information content (AvgIpc) is 2.61. The topological polar surface area (TPSA) is 50.7 Å². The Bertz CT molecular complexity index is 876. The molecule has 24 heavy (non-hydrogen) atoms. The molecule has 0 aliphatic carbocycles. The maximum atomic E-state index is 12.8. The van der Waals surface area contributed by atoms with Crippen LogP contribution in [-0.2, 0) is 4.79 Å². The predicted molar refractivity (Wildman–Crippen MR) is 91.6 cm³/mol. The fraction of sp³-hybridized carbons (Fsp3) is 0.0526. The molecule has 0 saturated heterocycles. The Labute approximate surface area is 138 Å². The van der Waals surface area contributed by atoms with Crippen LogP contribution in [0, 0.1) is 5.82 Å². The minimum Gasteiger partial charge on any atom is -0.484 e. The van der Waals surface area contributed by atoms with E-state index in [1.165, 1.54) is 18.3 Å². The van der Waals surface area contributed by atoms with Crippen LogP contribution in [0.1, 0.15) is 5.56 Å². The molecule has 3 aromatic rings. The summed E-state index contributed by atoms with van der Waals surface area (Å²) in [4.78, 5) is 11.7. The number of hydrogen-bond donors (Lipinski definition) is 1. The number of carbonyl (C=O) groups excluding carboxylic acids is 1. The van der Waals surface area contributed by atoms with E-state index in [0.29, 0.717) is 11.3 Å². The standard InChI is InChI=1S/C19H15FN2O2/c20-17-8-5-14(6-9-17)12-21-22-19(23)13-24-18-10-7-15-3-1-2-4-16(15)11-18/h1-12H,13H2,(H,22,23). The SMILES string of the molecule is O=C(COc1ccc2ccccc2c1)NN=Cc1ccc(F)cc1. The van der Waals surface area contributed by atoms with Gasteiger partial charge in [-0.25, -0.2) is 9.82 Å². The van der Waals surface area contributed by atoms with Gasteiger partial charge in [0, 0.05) is 0 Å². The van der Waals surface area contributed by atoms with E-state index in [4.69, 9.17) is 4.74 Å². The summed E-state index contributed by atoms with van der Waals surface area (Å²) < 4.78 is 18.2. The molecule has 0 atom stereocenters. The first kappa shape index (κ1) is 15.7. The Balaban J connectivity index is 1.52. The van der Waals surface area contributed by atoms with Crippen molar-refractivity contribution in [1.82, 2.24) is 5.43 Å². The number of fused-ring (bicyclic) bond motifs is 1. The van der Waals surface area contributed by atoms with Crippen LogP contribution >= 0.6 is 0 Å². The van der Waals surface area contributed by atoms with Crippen LogP contribution in [-0.4, -0.2) is 18.7 Å². The van der Waals surface area contributed by atoms with Gasteiger partial charge in [-0.2, -0.15) is 5.10 Å². The summed E-state index contributed by atoms with van der Waals surface area (Å²) in [6, 6.07) is 19.3. The molecule has 0 heterocycles. The maximum Gasteiger partial charge on any atom is 0.277 e. The molecule has 0 saturated carbocycles. The van der Waals surface area contributed by atoms with Crippen LogP contribution in [0.15, 0.2) is 71.8 Å². The lowest BCUT2D eigenvalue weighted by Gasteiger charge is -2.06. The number of carbonyl (C=O) groups is 1. The molecule has 0 spiro atoms. The van der Waals surface area contributed by atoms with E-state index in [9.17, 15) is 9.18 Å². The second-order valence-electron chi connectivity index (χ2n) is 5.14. The van der Waals surface area contributed by atoms with E-state index in [1.54, 1.807) is 12.1 Å². The molecule has 0 fully saturated rings. The van der Waals surface area contributed by atoms with Crippen LogP contribution in [0.4, 0.5) is 4.39 Å². The number of benzene rings is 3. The van der Waals surface area contributed by atoms with E-state index >= 15 is 0 Å². The molecule has 0 aliphatic heterocycles. The van der Waals surface area contributed by atoms with Crippen LogP contribution in [0.3, 0.4) is 0 Å². The third-order valence-corrected chi connectivity index (χ3v) is 3.36. The van der Waals surface area contributed by atoms with Crippen molar-refractivity contribution >= 4 is 22.9 Å². The first-order chi connectivity index (χ1) is 11.7. The molecule has 3 rings (SSSR count). The lowest BCUT2D eigenvalue weighted by Crippen LogP contribution is -2.24. The van der Waals surface area contributed by atoms with Crippen LogP contribution in [0.2, 0.25) is 0 Å². The molecule has 5 heteroatoms. The molecule has 0 radical (unpaired) electrons. The highest BCUT2D eigenvalue weighted by Gasteiger charge is 2.02. The first-order valence-corrected chi connectivity index (χ1v) is 7.40. The molecular formula is C19H15FN2O2. The minimum absolute atomic E-state index is 0.140. The number of rotatable bonds is 5. The number of hydrazone groups is 1. The van der Waals surface area contributed by atoms with Crippen molar-refractivity contribution in [1.29, 1.82) is 0 Å². The van der Waals surface area contributed by atoms with Gasteiger partial charge >= 0.3 is 0 Å². The van der Waals surface area contributed by atoms with Crippen LogP contribution in [0.5, 0.6) is 5.75 Å². The molecule has 0 aliphatic rings. The smallest absolute Gasteiger partial charge is 0.277 e. The molecule has 1 N–H and O–H groups in total. The van der Waals surface area contributed by atoms with E-state index in [1.807, 2.05) is 42.5 Å².